The fraction of sp³-hybridized carbons (Fsp3) is 0.231. The van der Waals surface area contributed by atoms with Crippen LogP contribution in [0.1, 0.15) is 113 Å². The summed E-state index contributed by atoms with van der Waals surface area (Å²) < 4.78 is 41.3. The Kier molecular flexibility index (Phi) is 11.9. The molecule has 12 aromatic rings. The van der Waals surface area contributed by atoms with Gasteiger partial charge >= 0.3 is 0 Å². The maximum Gasteiger partial charge on any atom is 0.200 e. The molecular weight excluding hydrogens is 1070 g/mol. The third kappa shape index (κ3) is 8.95. The Morgan fingerprint density at radius 1 is 0.630 bits per heavy atom. The summed E-state index contributed by atoms with van der Waals surface area (Å²) in [6, 6.07) is 53.7. The molecule has 0 aliphatic heterocycles. The molecule has 0 aliphatic rings. The van der Waals surface area contributed by atoms with Gasteiger partial charge in [-0.05, 0) is 104 Å². The first-order valence-electron chi connectivity index (χ1n) is 26.3. The summed E-state index contributed by atoms with van der Waals surface area (Å²) in [6.45, 7) is 19.3. The largest absolute Gasteiger partial charge is 0.499 e. The minimum Gasteiger partial charge on any atom is -0.499 e. The maximum absolute atomic E-state index is 8.67. The van der Waals surface area contributed by atoms with Gasteiger partial charge in [0.25, 0.3) is 0 Å². The molecular formula is C65H59IrN5O2-2. The second kappa shape index (κ2) is 19.0. The van der Waals surface area contributed by atoms with Crippen molar-refractivity contribution in [2.75, 3.05) is 0 Å². The van der Waals surface area contributed by atoms with Gasteiger partial charge in [-0.25, -0.2) is 9.97 Å². The minimum absolute atomic E-state index is 0. The summed E-state index contributed by atoms with van der Waals surface area (Å²) in [5, 5.41) is 3.32. The van der Waals surface area contributed by atoms with Crippen molar-refractivity contribution in [1.82, 2.24) is 24.5 Å². The number of rotatable bonds is 6. The smallest absolute Gasteiger partial charge is 0.200 e. The van der Waals surface area contributed by atoms with E-state index >= 15 is 0 Å². The normalized spacial score (nSPS) is 13.0. The fourth-order valence-electron chi connectivity index (χ4n) is 9.78. The number of imidazole rings is 1. The van der Waals surface area contributed by atoms with Crippen LogP contribution in [0.3, 0.4) is 0 Å². The van der Waals surface area contributed by atoms with Gasteiger partial charge in [0.1, 0.15) is 11.1 Å². The standard InChI is InChI=1S/C50H43N4O2.C15H16N.Ir/c1-27(2)35-24-32(30-14-10-9-11-15-30)25-36(28(3)4)45(35)54-46-33-17-13-12-16-31(33)19-21-39(46)52-48(54)34-20-18-29(5)42-44-41(55-47(34)42)26-37-38(51-44)22-23-40-43(37)53-49(56-40)50(6,7)8;1-15(2,3)13-9-10-16-14(11-13)12-7-5-4-6-8-12;/h9-19,21-28H,1-8H3;4-7,9-11H,1-3H3;/q2*-1;/i5D3;;. The number of nitrogens with zero attached hydrogens (tertiary/aromatic N) is 5. The summed E-state index contributed by atoms with van der Waals surface area (Å²) in [6.07, 6.45) is 1.87. The van der Waals surface area contributed by atoms with E-state index in [-0.39, 0.29) is 48.3 Å². The van der Waals surface area contributed by atoms with Crippen molar-refractivity contribution < 1.29 is 33.1 Å². The van der Waals surface area contributed by atoms with Gasteiger partial charge in [0.05, 0.1) is 33.5 Å². The Hall–Kier alpha value is -7.25. The van der Waals surface area contributed by atoms with E-state index in [2.05, 4.69) is 176 Å². The van der Waals surface area contributed by atoms with Crippen molar-refractivity contribution in [3.8, 4) is 39.5 Å². The van der Waals surface area contributed by atoms with E-state index in [9.17, 15) is 0 Å². The molecule has 73 heavy (non-hydrogen) atoms. The molecule has 0 saturated heterocycles. The predicted octanol–water partition coefficient (Wildman–Crippen LogP) is 17.6. The number of benzene rings is 7. The zero-order valence-corrected chi connectivity index (χ0v) is 45.3. The van der Waals surface area contributed by atoms with Crippen molar-refractivity contribution in [2.45, 2.75) is 98.8 Å². The molecule has 5 heterocycles. The average Bonchev–Trinajstić information content (AvgIpc) is 4.12. The minimum atomic E-state index is -2.47. The SMILES string of the molecule is CC(C)(C)c1ccnc(-c2[c-]cccc2)c1.[2H]C([2H])([2H])c1c[c-]c(-c2nc3ccc4ccccc4c3n2-c2c(C(C)C)cc(-c3ccccc3)cc2C(C)C)c2oc3cc4c(ccc5oc(C(C)(C)C)nc54)nc3c12.[Ir]. The molecule has 12 rings (SSSR count). The van der Waals surface area contributed by atoms with Crippen molar-refractivity contribution >= 4 is 65.9 Å². The molecule has 0 unspecified atom stereocenters. The first kappa shape index (κ1) is 45.6. The van der Waals surface area contributed by atoms with Gasteiger partial charge in [-0.1, -0.05) is 148 Å². The van der Waals surface area contributed by atoms with Crippen molar-refractivity contribution in [3.63, 3.8) is 0 Å². The Morgan fingerprint density at radius 2 is 1.36 bits per heavy atom. The maximum atomic E-state index is 8.67. The van der Waals surface area contributed by atoms with Crippen LogP contribution >= 0.6 is 0 Å². The average molecular weight is 1140 g/mol. The number of hydrogen-bond donors (Lipinski definition) is 0. The Morgan fingerprint density at radius 3 is 2.05 bits per heavy atom. The van der Waals surface area contributed by atoms with Crippen molar-refractivity contribution in [1.29, 1.82) is 0 Å². The molecule has 0 spiro atoms. The Labute approximate surface area is 445 Å². The van der Waals surface area contributed by atoms with Gasteiger partial charge in [-0.15, -0.1) is 53.6 Å². The van der Waals surface area contributed by atoms with Crippen LogP contribution in [0.15, 0.2) is 155 Å². The van der Waals surface area contributed by atoms with Gasteiger partial charge in [0.2, 0.25) is 5.89 Å². The molecule has 5 aromatic heterocycles. The van der Waals surface area contributed by atoms with Crippen LogP contribution in [0.25, 0.3) is 105 Å². The molecule has 1 radical (unpaired) electrons. The Bertz CT molecular complexity index is 4110. The Balaban J connectivity index is 0.000000331. The number of fused-ring (bicyclic) bond motifs is 9. The van der Waals surface area contributed by atoms with Crippen LogP contribution in [0.2, 0.25) is 0 Å². The second-order valence-electron chi connectivity index (χ2n) is 21.5. The first-order chi connectivity index (χ1) is 35.7. The van der Waals surface area contributed by atoms with E-state index in [1.807, 2.05) is 54.7 Å². The second-order valence-corrected chi connectivity index (χ2v) is 21.5. The first-order valence-corrected chi connectivity index (χ1v) is 24.8. The van der Waals surface area contributed by atoms with Crippen LogP contribution in [-0.4, -0.2) is 24.5 Å². The summed E-state index contributed by atoms with van der Waals surface area (Å²) in [4.78, 5) is 19.8. The van der Waals surface area contributed by atoms with Gasteiger partial charge in [0, 0.05) is 52.3 Å². The molecule has 7 aromatic carbocycles. The third-order valence-corrected chi connectivity index (χ3v) is 13.6. The van der Waals surface area contributed by atoms with Crippen LogP contribution in [0.5, 0.6) is 0 Å². The van der Waals surface area contributed by atoms with Gasteiger partial charge in [-0.3, -0.25) is 4.98 Å². The number of pyridine rings is 2. The predicted molar refractivity (Wildman–Crippen MR) is 297 cm³/mol. The van der Waals surface area contributed by atoms with Crippen LogP contribution in [-0.2, 0) is 30.9 Å². The molecule has 7 nitrogen and oxygen atoms in total. The van der Waals surface area contributed by atoms with Crippen molar-refractivity contribution in [2.24, 2.45) is 0 Å². The van der Waals surface area contributed by atoms with E-state index in [4.69, 9.17) is 27.9 Å². The van der Waals surface area contributed by atoms with E-state index in [0.29, 0.717) is 56.0 Å². The quantitative estimate of drug-likeness (QED) is 0.154. The zero-order valence-electron chi connectivity index (χ0n) is 45.9. The summed E-state index contributed by atoms with van der Waals surface area (Å²) in [7, 11) is 0. The van der Waals surface area contributed by atoms with E-state index in [1.54, 1.807) is 6.07 Å². The molecule has 0 atom stereocenters. The molecule has 0 amide bonds. The number of aryl methyl sites for hydroxylation is 1. The molecule has 0 fully saturated rings. The summed E-state index contributed by atoms with van der Waals surface area (Å²) in [5.74, 6) is 1.51. The topological polar surface area (TPSA) is 82.8 Å². The van der Waals surface area contributed by atoms with Crippen LogP contribution in [0.4, 0.5) is 0 Å². The van der Waals surface area contributed by atoms with E-state index in [1.165, 1.54) is 16.7 Å². The molecule has 0 N–H and O–H groups in total. The fourth-order valence-corrected chi connectivity index (χ4v) is 9.78. The van der Waals surface area contributed by atoms with E-state index in [0.717, 1.165) is 55.3 Å². The summed E-state index contributed by atoms with van der Waals surface area (Å²) in [5.41, 5.74) is 14.6. The number of oxazole rings is 1. The van der Waals surface area contributed by atoms with Gasteiger partial charge in [0.15, 0.2) is 5.58 Å². The summed E-state index contributed by atoms with van der Waals surface area (Å²) >= 11 is 0. The molecule has 367 valence electrons. The zero-order chi connectivity index (χ0) is 52.7. The molecule has 8 heteroatoms. The molecule has 0 saturated carbocycles. The van der Waals surface area contributed by atoms with Crippen molar-refractivity contribution in [3.05, 3.63) is 186 Å². The number of furan rings is 1. The molecule has 0 aliphatic carbocycles. The number of hydrogen-bond acceptors (Lipinski definition) is 6. The van der Waals surface area contributed by atoms with Gasteiger partial charge in [-0.2, -0.15) is 0 Å². The number of aromatic nitrogens is 5. The third-order valence-electron chi connectivity index (χ3n) is 13.6. The monoisotopic (exact) mass is 1140 g/mol. The molecule has 0 bridgehead atoms. The van der Waals surface area contributed by atoms with E-state index < -0.39 is 6.85 Å². The van der Waals surface area contributed by atoms with Gasteiger partial charge < -0.3 is 18.4 Å². The van der Waals surface area contributed by atoms with Crippen LogP contribution < -0.4 is 0 Å². The van der Waals surface area contributed by atoms with Crippen LogP contribution in [0, 0.1) is 19.0 Å².